The zero-order valence-electron chi connectivity index (χ0n) is 10.8. The molecule has 2 rings (SSSR count). The van der Waals surface area contributed by atoms with Gasteiger partial charge in [-0.15, -0.1) is 11.8 Å². The van der Waals surface area contributed by atoms with Crippen molar-refractivity contribution < 1.29 is 4.39 Å². The maximum Gasteiger partial charge on any atom is 0.140 e. The fourth-order valence-corrected chi connectivity index (χ4v) is 2.95. The van der Waals surface area contributed by atoms with Crippen LogP contribution in [0, 0.1) is 12.7 Å². The number of hydrogen-bond donors (Lipinski definition) is 0. The van der Waals surface area contributed by atoms with Crippen LogP contribution in [-0.4, -0.2) is 9.97 Å². The number of hydrogen-bond acceptors (Lipinski definition) is 3. The lowest BCUT2D eigenvalue weighted by atomic mass is 10.2. The van der Waals surface area contributed by atoms with E-state index in [0.717, 1.165) is 17.7 Å². The number of nitrogens with zero attached hydrogens (tertiary/aromatic N) is 2. The predicted molar refractivity (Wildman–Crippen MR) is 77.1 cm³/mol. The van der Waals surface area contributed by atoms with Crippen molar-refractivity contribution in [2.75, 3.05) is 0 Å². The summed E-state index contributed by atoms with van der Waals surface area (Å²) in [6.07, 6.45) is 0.811. The fourth-order valence-electron chi connectivity index (χ4n) is 1.79. The minimum absolute atomic E-state index is 0.222. The number of halogens is 2. The Labute approximate surface area is 121 Å². The Balaban J connectivity index is 2.15. The Morgan fingerprint density at radius 1 is 1.26 bits per heavy atom. The van der Waals surface area contributed by atoms with E-state index in [1.54, 1.807) is 12.1 Å². The molecule has 1 aromatic heterocycles. The molecule has 0 unspecified atom stereocenters. The Kier molecular flexibility index (Phi) is 4.77. The van der Waals surface area contributed by atoms with E-state index >= 15 is 0 Å². The largest absolute Gasteiger partial charge is 0.237 e. The van der Waals surface area contributed by atoms with Gasteiger partial charge in [-0.3, -0.25) is 0 Å². The molecule has 100 valence electrons. The first-order valence-corrected chi connectivity index (χ1v) is 7.37. The molecule has 0 amide bonds. The van der Waals surface area contributed by atoms with E-state index in [4.69, 9.17) is 11.6 Å². The van der Waals surface area contributed by atoms with Gasteiger partial charge in [0.25, 0.3) is 0 Å². The first-order valence-electron chi connectivity index (χ1n) is 6.01. The molecule has 0 saturated heterocycles. The van der Waals surface area contributed by atoms with Gasteiger partial charge in [0.2, 0.25) is 0 Å². The quantitative estimate of drug-likeness (QED) is 0.616. The summed E-state index contributed by atoms with van der Waals surface area (Å²) < 4.78 is 13.5. The van der Waals surface area contributed by atoms with Gasteiger partial charge in [-0.2, -0.15) is 0 Å². The lowest BCUT2D eigenvalue weighted by molar-refractivity contribution is 0.602. The maximum absolute atomic E-state index is 13.5. The average Bonchev–Trinajstić information content (AvgIpc) is 2.37. The van der Waals surface area contributed by atoms with Crippen molar-refractivity contribution in [1.82, 2.24) is 9.97 Å². The van der Waals surface area contributed by atoms with Gasteiger partial charge in [-0.05, 0) is 25.5 Å². The molecule has 0 aliphatic carbocycles. The summed E-state index contributed by atoms with van der Waals surface area (Å²) in [5, 5.41) is 0.499. The Hall–Kier alpha value is -1.13. The Bertz CT molecular complexity index is 566. The minimum atomic E-state index is -0.222. The highest BCUT2D eigenvalue weighted by Gasteiger charge is 2.09. The van der Waals surface area contributed by atoms with Gasteiger partial charge in [0.1, 0.15) is 16.8 Å². The number of aromatic nitrogens is 2. The molecule has 2 aromatic rings. The van der Waals surface area contributed by atoms with E-state index in [-0.39, 0.29) is 5.82 Å². The smallest absolute Gasteiger partial charge is 0.140 e. The topological polar surface area (TPSA) is 25.8 Å². The maximum atomic E-state index is 13.5. The molecule has 0 saturated carbocycles. The molecular formula is C14H14ClFN2S. The third kappa shape index (κ3) is 3.45. The molecule has 1 heterocycles. The van der Waals surface area contributed by atoms with Crippen LogP contribution in [0.3, 0.4) is 0 Å². The van der Waals surface area contributed by atoms with Crippen LogP contribution in [0.5, 0.6) is 0 Å². The lowest BCUT2D eigenvalue weighted by Crippen LogP contribution is -2.01. The first kappa shape index (κ1) is 14.3. The summed E-state index contributed by atoms with van der Waals surface area (Å²) in [7, 11) is 0. The summed E-state index contributed by atoms with van der Waals surface area (Å²) in [5.74, 6) is 0.916. The average molecular weight is 297 g/mol. The van der Waals surface area contributed by atoms with Crippen LogP contribution >= 0.6 is 23.4 Å². The van der Waals surface area contributed by atoms with E-state index < -0.39 is 0 Å². The van der Waals surface area contributed by atoms with E-state index in [0.29, 0.717) is 21.6 Å². The zero-order chi connectivity index (χ0) is 13.8. The SMILES string of the molecule is CCc1c(C)nc(CSc2ccccc2F)nc1Cl. The van der Waals surface area contributed by atoms with Gasteiger partial charge >= 0.3 is 0 Å². The Morgan fingerprint density at radius 3 is 2.63 bits per heavy atom. The highest BCUT2D eigenvalue weighted by atomic mass is 35.5. The number of thioether (sulfide) groups is 1. The molecular weight excluding hydrogens is 283 g/mol. The van der Waals surface area contributed by atoms with Gasteiger partial charge in [-0.25, -0.2) is 14.4 Å². The second kappa shape index (κ2) is 6.35. The molecule has 0 aliphatic heterocycles. The molecule has 0 radical (unpaired) electrons. The molecule has 1 aromatic carbocycles. The van der Waals surface area contributed by atoms with Crippen LogP contribution < -0.4 is 0 Å². The zero-order valence-corrected chi connectivity index (χ0v) is 12.4. The third-order valence-corrected chi connectivity index (χ3v) is 4.11. The van der Waals surface area contributed by atoms with E-state index in [9.17, 15) is 4.39 Å². The monoisotopic (exact) mass is 296 g/mol. The van der Waals surface area contributed by atoms with Crippen molar-refractivity contribution in [3.8, 4) is 0 Å². The van der Waals surface area contributed by atoms with Crippen LogP contribution in [0.2, 0.25) is 5.15 Å². The van der Waals surface area contributed by atoms with Gasteiger partial charge in [0.05, 0.1) is 5.75 Å². The lowest BCUT2D eigenvalue weighted by Gasteiger charge is -2.08. The highest BCUT2D eigenvalue weighted by molar-refractivity contribution is 7.98. The van der Waals surface area contributed by atoms with Gasteiger partial charge in [0, 0.05) is 16.2 Å². The molecule has 0 bridgehead atoms. The van der Waals surface area contributed by atoms with Crippen molar-refractivity contribution in [3.05, 3.63) is 52.3 Å². The van der Waals surface area contributed by atoms with Gasteiger partial charge < -0.3 is 0 Å². The second-order valence-corrected chi connectivity index (χ2v) is 5.44. The van der Waals surface area contributed by atoms with E-state index in [1.165, 1.54) is 17.8 Å². The van der Waals surface area contributed by atoms with Crippen LogP contribution in [-0.2, 0) is 12.2 Å². The molecule has 0 fully saturated rings. The highest BCUT2D eigenvalue weighted by Crippen LogP contribution is 2.25. The normalized spacial score (nSPS) is 10.7. The number of benzene rings is 1. The summed E-state index contributed by atoms with van der Waals surface area (Å²) in [6, 6.07) is 6.67. The van der Waals surface area contributed by atoms with E-state index in [2.05, 4.69) is 9.97 Å². The van der Waals surface area contributed by atoms with Crippen molar-refractivity contribution in [1.29, 1.82) is 0 Å². The van der Waals surface area contributed by atoms with Crippen LogP contribution in [0.1, 0.15) is 24.0 Å². The summed E-state index contributed by atoms with van der Waals surface area (Å²) in [6.45, 7) is 3.94. The van der Waals surface area contributed by atoms with Crippen LogP contribution in [0.25, 0.3) is 0 Å². The Morgan fingerprint density at radius 2 is 2.00 bits per heavy atom. The molecule has 0 aliphatic rings. The van der Waals surface area contributed by atoms with Crippen molar-refractivity contribution in [2.24, 2.45) is 0 Å². The van der Waals surface area contributed by atoms with Gasteiger partial charge in [0.15, 0.2) is 0 Å². The van der Waals surface area contributed by atoms with Gasteiger partial charge in [-0.1, -0.05) is 30.7 Å². The summed E-state index contributed by atoms with van der Waals surface area (Å²) in [4.78, 5) is 9.27. The van der Waals surface area contributed by atoms with Crippen LogP contribution in [0.15, 0.2) is 29.2 Å². The van der Waals surface area contributed by atoms with Crippen molar-refractivity contribution in [2.45, 2.75) is 30.9 Å². The van der Waals surface area contributed by atoms with Crippen molar-refractivity contribution in [3.63, 3.8) is 0 Å². The molecule has 0 atom stereocenters. The summed E-state index contributed by atoms with van der Waals surface area (Å²) in [5.41, 5.74) is 1.87. The molecule has 0 spiro atoms. The second-order valence-electron chi connectivity index (χ2n) is 4.07. The minimum Gasteiger partial charge on any atom is -0.237 e. The first-order chi connectivity index (χ1) is 9.11. The summed E-state index contributed by atoms with van der Waals surface area (Å²) >= 11 is 7.49. The molecule has 5 heteroatoms. The number of aryl methyl sites for hydroxylation is 1. The fraction of sp³-hybridized carbons (Fsp3) is 0.286. The molecule has 0 N–H and O–H groups in total. The van der Waals surface area contributed by atoms with E-state index in [1.807, 2.05) is 19.9 Å². The van der Waals surface area contributed by atoms with Crippen molar-refractivity contribution >= 4 is 23.4 Å². The number of rotatable bonds is 4. The third-order valence-electron chi connectivity index (χ3n) is 2.76. The van der Waals surface area contributed by atoms with Crippen LogP contribution in [0.4, 0.5) is 4.39 Å². The predicted octanol–water partition coefficient (Wildman–Crippen LogP) is 4.43. The molecule has 2 nitrogen and oxygen atoms in total. The molecule has 19 heavy (non-hydrogen) atoms. The standard InChI is InChI=1S/C14H14ClFN2S/c1-3-10-9(2)17-13(18-14(10)15)8-19-12-7-5-4-6-11(12)16/h4-7H,3,8H2,1-2H3.